The zero-order valence-corrected chi connectivity index (χ0v) is 3.89. The van der Waals surface area contributed by atoms with Gasteiger partial charge in [-0.15, -0.1) is 0 Å². The predicted octanol–water partition coefficient (Wildman–Crippen LogP) is 0.647. The minimum atomic E-state index is 0.356. The van der Waals surface area contributed by atoms with E-state index >= 15 is 0 Å². The molecule has 2 rings (SSSR count). The van der Waals surface area contributed by atoms with E-state index < -0.39 is 0 Å². The molecule has 0 aromatic carbocycles. The van der Waals surface area contributed by atoms with Crippen molar-refractivity contribution in [2.75, 3.05) is 6.61 Å². The molecule has 0 aromatic rings. The van der Waals surface area contributed by atoms with E-state index in [1.165, 1.54) is 0 Å². The van der Waals surface area contributed by atoms with Gasteiger partial charge < -0.3 is 9.47 Å². The summed E-state index contributed by atoms with van der Waals surface area (Å²) in [5.41, 5.74) is 0. The first-order valence-electron chi connectivity index (χ1n) is 2.45. The number of fused-ring (bicyclic) bond motifs is 2. The lowest BCUT2D eigenvalue weighted by Crippen LogP contribution is -2.04. The second kappa shape index (κ2) is 0.941. The van der Waals surface area contributed by atoms with Gasteiger partial charge in [0.25, 0.3) is 5.95 Å². The molecule has 2 heterocycles. The lowest BCUT2D eigenvalue weighted by atomic mass is 10.3. The summed E-state index contributed by atoms with van der Waals surface area (Å²) in [7, 11) is 0. The Bertz CT molecular complexity index is 117. The highest BCUT2D eigenvalue weighted by Gasteiger charge is 2.26. The molecule has 2 heteroatoms. The van der Waals surface area contributed by atoms with Crippen molar-refractivity contribution in [1.82, 2.24) is 0 Å². The maximum absolute atomic E-state index is 5.11. The van der Waals surface area contributed by atoms with Crippen molar-refractivity contribution in [2.24, 2.45) is 0 Å². The lowest BCUT2D eigenvalue weighted by Gasteiger charge is -1.95. The molecule has 2 nitrogen and oxygen atoms in total. The van der Waals surface area contributed by atoms with Crippen molar-refractivity contribution in [3.05, 3.63) is 12.0 Å². The molecule has 38 valence electrons. The van der Waals surface area contributed by atoms with Crippen LogP contribution in [0.15, 0.2) is 12.0 Å². The summed E-state index contributed by atoms with van der Waals surface area (Å²) in [6.07, 6.45) is 3.39. The molecule has 0 saturated carbocycles. The molecule has 0 radical (unpaired) electrons. The molecule has 2 bridgehead atoms. The fourth-order valence-corrected chi connectivity index (χ4v) is 0.858. The van der Waals surface area contributed by atoms with Crippen LogP contribution in [0.4, 0.5) is 0 Å². The molecule has 0 aromatic heterocycles. The van der Waals surface area contributed by atoms with Crippen LogP contribution < -0.4 is 0 Å². The van der Waals surface area contributed by atoms with Gasteiger partial charge >= 0.3 is 0 Å². The van der Waals surface area contributed by atoms with Gasteiger partial charge in [0.2, 0.25) is 0 Å². The number of hydrogen-bond acceptors (Lipinski definition) is 2. The quantitative estimate of drug-likeness (QED) is 0.442. The predicted molar refractivity (Wildman–Crippen MR) is 23.5 cm³/mol. The van der Waals surface area contributed by atoms with Crippen LogP contribution in [0.5, 0.6) is 0 Å². The highest BCUT2D eigenvalue weighted by atomic mass is 16.7. The summed E-state index contributed by atoms with van der Waals surface area (Å²) in [6.45, 7) is 0.770. The third-order valence-corrected chi connectivity index (χ3v) is 1.24. The van der Waals surface area contributed by atoms with Crippen molar-refractivity contribution in [3.8, 4) is 0 Å². The number of rotatable bonds is 0. The van der Waals surface area contributed by atoms with E-state index in [4.69, 9.17) is 9.47 Å². The van der Waals surface area contributed by atoms with Gasteiger partial charge in [0.05, 0.1) is 0 Å². The average molecular weight is 98.1 g/mol. The van der Waals surface area contributed by atoms with Crippen LogP contribution >= 0.6 is 0 Å². The van der Waals surface area contributed by atoms with Gasteiger partial charge in [-0.3, -0.25) is 0 Å². The second-order valence-electron chi connectivity index (χ2n) is 1.81. The average Bonchev–Trinajstić information content (AvgIpc) is 2.22. The third kappa shape index (κ3) is 0.335. The summed E-state index contributed by atoms with van der Waals surface area (Å²) in [4.78, 5) is 0. The van der Waals surface area contributed by atoms with Crippen LogP contribution in [0, 0.1) is 0 Å². The third-order valence-electron chi connectivity index (χ3n) is 1.24. The number of ether oxygens (including phenoxy) is 2. The van der Waals surface area contributed by atoms with Crippen molar-refractivity contribution < 1.29 is 9.47 Å². The Hall–Kier alpha value is -0.660. The molecule has 0 N–H and O–H groups in total. The Morgan fingerprint density at radius 3 is 2.86 bits per heavy atom. The topological polar surface area (TPSA) is 18.5 Å². The summed E-state index contributed by atoms with van der Waals surface area (Å²) in [6, 6.07) is 0. The van der Waals surface area contributed by atoms with Gasteiger partial charge in [-0.05, 0) is 0 Å². The van der Waals surface area contributed by atoms with Crippen molar-refractivity contribution in [2.45, 2.75) is 12.5 Å². The van der Waals surface area contributed by atoms with Crippen molar-refractivity contribution in [1.29, 1.82) is 0 Å². The standard InChI is InChI=1S/C5H6O2/c1-2-5-6-3-4(1)7-5/h2,4H,1,3H2. The summed E-state index contributed by atoms with van der Waals surface area (Å²) >= 11 is 0. The molecule has 0 amide bonds. The lowest BCUT2D eigenvalue weighted by molar-refractivity contribution is 0.167. The Balaban J connectivity index is 2.30. The Labute approximate surface area is 41.7 Å². The molecular formula is C5H6O2. The monoisotopic (exact) mass is 98.0 g/mol. The Morgan fingerprint density at radius 1 is 1.71 bits per heavy atom. The van der Waals surface area contributed by atoms with Crippen molar-refractivity contribution >= 4 is 0 Å². The Kier molecular flexibility index (Phi) is 0.451. The van der Waals surface area contributed by atoms with Crippen LogP contribution in [-0.4, -0.2) is 12.7 Å². The van der Waals surface area contributed by atoms with Crippen LogP contribution in [0.25, 0.3) is 0 Å². The zero-order chi connectivity index (χ0) is 4.69. The summed E-state index contributed by atoms with van der Waals surface area (Å²) in [5, 5.41) is 0. The van der Waals surface area contributed by atoms with Crippen molar-refractivity contribution in [3.63, 3.8) is 0 Å². The summed E-state index contributed by atoms with van der Waals surface area (Å²) < 4.78 is 10.1. The van der Waals surface area contributed by atoms with Gasteiger partial charge in [-0.25, -0.2) is 0 Å². The van der Waals surface area contributed by atoms with Crippen LogP contribution in [0.1, 0.15) is 6.42 Å². The minimum Gasteiger partial charge on any atom is -0.462 e. The van der Waals surface area contributed by atoms with Gasteiger partial charge in [0, 0.05) is 12.5 Å². The highest BCUT2D eigenvalue weighted by molar-refractivity contribution is 4.99. The largest absolute Gasteiger partial charge is 0.462 e. The minimum absolute atomic E-state index is 0.356. The summed E-state index contributed by atoms with van der Waals surface area (Å²) in [5.74, 6) is 0.741. The first-order chi connectivity index (χ1) is 3.45. The fourth-order valence-electron chi connectivity index (χ4n) is 0.858. The van der Waals surface area contributed by atoms with Gasteiger partial charge in [-0.1, -0.05) is 0 Å². The van der Waals surface area contributed by atoms with Crippen LogP contribution in [-0.2, 0) is 9.47 Å². The number of hydrogen-bond donors (Lipinski definition) is 0. The molecule has 2 aliphatic heterocycles. The molecule has 0 aliphatic carbocycles. The SMILES string of the molecule is C1=C2OCC(C1)O2. The first-order valence-corrected chi connectivity index (χ1v) is 2.45. The Morgan fingerprint density at radius 2 is 2.71 bits per heavy atom. The van der Waals surface area contributed by atoms with E-state index in [1.54, 1.807) is 0 Å². The normalized spacial score (nSPS) is 34.3. The van der Waals surface area contributed by atoms with Gasteiger partial charge in [0.15, 0.2) is 0 Å². The van der Waals surface area contributed by atoms with Gasteiger partial charge in [0.1, 0.15) is 12.7 Å². The molecule has 1 saturated heterocycles. The zero-order valence-electron chi connectivity index (χ0n) is 3.89. The van der Waals surface area contributed by atoms with Crippen LogP contribution in [0.3, 0.4) is 0 Å². The fraction of sp³-hybridized carbons (Fsp3) is 0.600. The van der Waals surface area contributed by atoms with E-state index in [-0.39, 0.29) is 0 Å². The maximum atomic E-state index is 5.11. The van der Waals surface area contributed by atoms with E-state index in [1.807, 2.05) is 6.08 Å². The molecular weight excluding hydrogens is 92.1 g/mol. The molecule has 0 spiro atoms. The molecule has 7 heavy (non-hydrogen) atoms. The van der Waals surface area contributed by atoms with E-state index in [2.05, 4.69) is 0 Å². The molecule has 2 aliphatic rings. The molecule has 1 atom stereocenters. The van der Waals surface area contributed by atoms with E-state index in [9.17, 15) is 0 Å². The molecule has 1 unspecified atom stereocenters. The highest BCUT2D eigenvalue weighted by Crippen LogP contribution is 2.25. The smallest absolute Gasteiger partial charge is 0.275 e. The van der Waals surface area contributed by atoms with E-state index in [0.29, 0.717) is 6.10 Å². The van der Waals surface area contributed by atoms with Crippen LogP contribution in [0.2, 0.25) is 0 Å². The molecule has 1 fully saturated rings. The second-order valence-corrected chi connectivity index (χ2v) is 1.81. The van der Waals surface area contributed by atoms with Gasteiger partial charge in [-0.2, -0.15) is 0 Å². The van der Waals surface area contributed by atoms with E-state index in [0.717, 1.165) is 19.0 Å². The first kappa shape index (κ1) is 3.36. The maximum Gasteiger partial charge on any atom is 0.275 e.